The second kappa shape index (κ2) is 10.8. The Morgan fingerprint density at radius 2 is 1.77 bits per heavy atom. The molecule has 0 amide bonds. The molecule has 1 aliphatic rings. The van der Waals surface area contributed by atoms with Crippen molar-refractivity contribution in [3.05, 3.63) is 138 Å². The summed E-state index contributed by atoms with van der Waals surface area (Å²) >= 11 is 7.84. The van der Waals surface area contributed by atoms with Gasteiger partial charge >= 0.3 is 5.97 Å². The summed E-state index contributed by atoms with van der Waals surface area (Å²) in [5.74, 6) is -0.466. The number of para-hydroxylation sites is 1. The van der Waals surface area contributed by atoms with Crippen LogP contribution in [0.2, 0.25) is 5.02 Å². The maximum absolute atomic E-state index is 14.1. The lowest BCUT2D eigenvalue weighted by molar-refractivity contribution is -0.139. The highest BCUT2D eigenvalue weighted by Gasteiger charge is 2.33. The molecule has 200 valence electrons. The molecule has 0 spiro atoms. The molecule has 8 heteroatoms. The maximum Gasteiger partial charge on any atom is 0.338 e. The van der Waals surface area contributed by atoms with Crippen LogP contribution < -0.4 is 14.9 Å². The molecule has 1 aliphatic heterocycles. The fourth-order valence-corrected chi connectivity index (χ4v) is 6.43. The van der Waals surface area contributed by atoms with E-state index in [0.29, 0.717) is 32.2 Å². The average Bonchev–Trinajstić information content (AvgIpc) is 3.46. The molecule has 3 aromatic carbocycles. The standard InChI is InChI=1S/C32H26ClN3O3S/c1-3-39-31(38)28-20(2)34-32-36(29(28)21-11-5-4-6-12-21)30(37)27(40-32)18-24-17-22-13-8-10-16-26(22)35(24)19-23-14-7-9-15-25(23)33/h4-18,29H,3,19H2,1-2H3/t29-/m1/s1. The normalized spacial score (nSPS) is 15.3. The molecule has 0 N–H and O–H groups in total. The maximum atomic E-state index is 14.1. The van der Waals surface area contributed by atoms with E-state index in [0.717, 1.165) is 27.7 Å². The van der Waals surface area contributed by atoms with Gasteiger partial charge in [-0.3, -0.25) is 9.36 Å². The molecule has 0 radical (unpaired) electrons. The van der Waals surface area contributed by atoms with Crippen molar-refractivity contribution in [3.63, 3.8) is 0 Å². The molecule has 6 nitrogen and oxygen atoms in total. The molecular weight excluding hydrogens is 542 g/mol. The third kappa shape index (κ3) is 4.61. The monoisotopic (exact) mass is 567 g/mol. The lowest BCUT2D eigenvalue weighted by Gasteiger charge is -2.24. The molecule has 0 saturated heterocycles. The van der Waals surface area contributed by atoms with E-state index in [-0.39, 0.29) is 12.2 Å². The van der Waals surface area contributed by atoms with Gasteiger partial charge < -0.3 is 9.30 Å². The highest BCUT2D eigenvalue weighted by Crippen LogP contribution is 2.30. The van der Waals surface area contributed by atoms with Crippen LogP contribution >= 0.6 is 22.9 Å². The number of carbonyl (C=O) groups excluding carboxylic acids is 1. The highest BCUT2D eigenvalue weighted by atomic mass is 35.5. The number of fused-ring (bicyclic) bond motifs is 2. The first-order valence-corrected chi connectivity index (χ1v) is 14.2. The zero-order valence-corrected chi connectivity index (χ0v) is 23.6. The predicted molar refractivity (Wildman–Crippen MR) is 159 cm³/mol. The first-order valence-electron chi connectivity index (χ1n) is 13.0. The second-order valence-corrected chi connectivity index (χ2v) is 10.9. The van der Waals surface area contributed by atoms with E-state index < -0.39 is 12.0 Å². The molecule has 0 fully saturated rings. The van der Waals surface area contributed by atoms with Crippen molar-refractivity contribution in [2.24, 2.45) is 4.99 Å². The number of allylic oxidation sites excluding steroid dienone is 1. The Kier molecular flexibility index (Phi) is 7.00. The number of esters is 1. The SMILES string of the molecule is CCOC(=O)C1=C(C)N=c2sc(=Cc3cc4ccccc4n3Cc3ccccc3Cl)c(=O)n2[C@@H]1c1ccccc1. The topological polar surface area (TPSA) is 65.6 Å². The first kappa shape index (κ1) is 26.0. The lowest BCUT2D eigenvalue weighted by Crippen LogP contribution is -2.40. The van der Waals surface area contributed by atoms with E-state index in [1.807, 2.05) is 72.8 Å². The molecule has 0 saturated carbocycles. The zero-order chi connectivity index (χ0) is 27.8. The Hall–Kier alpha value is -4.20. The van der Waals surface area contributed by atoms with Crippen molar-refractivity contribution in [1.29, 1.82) is 0 Å². The predicted octanol–water partition coefficient (Wildman–Crippen LogP) is 5.45. The number of nitrogens with zero attached hydrogens (tertiary/aromatic N) is 3. The van der Waals surface area contributed by atoms with Gasteiger partial charge in [-0.25, -0.2) is 9.79 Å². The van der Waals surface area contributed by atoms with Crippen LogP contribution in [0.4, 0.5) is 0 Å². The minimum atomic E-state index is -0.632. The van der Waals surface area contributed by atoms with Crippen LogP contribution in [0, 0.1) is 0 Å². The van der Waals surface area contributed by atoms with Crippen molar-refractivity contribution in [2.75, 3.05) is 6.61 Å². The Bertz CT molecular complexity index is 1970. The van der Waals surface area contributed by atoms with E-state index in [1.165, 1.54) is 11.3 Å². The number of halogens is 1. The summed E-state index contributed by atoms with van der Waals surface area (Å²) in [5.41, 5.74) is 4.45. The van der Waals surface area contributed by atoms with E-state index in [2.05, 4.69) is 27.8 Å². The summed E-state index contributed by atoms with van der Waals surface area (Å²) in [5, 5.41) is 1.76. The molecular formula is C32H26ClN3O3S. The van der Waals surface area contributed by atoms with Crippen LogP contribution in [0.1, 0.15) is 36.7 Å². The molecule has 0 aliphatic carbocycles. The van der Waals surface area contributed by atoms with Gasteiger partial charge in [0.05, 0.1) is 28.5 Å². The molecule has 0 unspecified atom stereocenters. The lowest BCUT2D eigenvalue weighted by atomic mass is 9.96. The number of hydrogen-bond acceptors (Lipinski definition) is 5. The smallest absolute Gasteiger partial charge is 0.338 e. The number of hydrogen-bond donors (Lipinski definition) is 0. The summed E-state index contributed by atoms with van der Waals surface area (Å²) in [6.45, 7) is 4.34. The molecule has 40 heavy (non-hydrogen) atoms. The van der Waals surface area contributed by atoms with Gasteiger partial charge in [-0.2, -0.15) is 0 Å². The summed E-state index contributed by atoms with van der Waals surface area (Å²) in [4.78, 5) is 32.4. The second-order valence-electron chi connectivity index (χ2n) is 9.52. The number of aromatic nitrogens is 2. The average molecular weight is 568 g/mol. The first-order chi connectivity index (χ1) is 19.5. The van der Waals surface area contributed by atoms with E-state index in [4.69, 9.17) is 16.3 Å². The summed E-state index contributed by atoms with van der Waals surface area (Å²) in [7, 11) is 0. The highest BCUT2D eigenvalue weighted by molar-refractivity contribution is 7.07. The van der Waals surface area contributed by atoms with Crippen LogP contribution in [0.3, 0.4) is 0 Å². The number of rotatable bonds is 6. The summed E-state index contributed by atoms with van der Waals surface area (Å²) in [6.07, 6.45) is 1.91. The molecule has 6 rings (SSSR count). The van der Waals surface area contributed by atoms with E-state index in [9.17, 15) is 9.59 Å². The van der Waals surface area contributed by atoms with Crippen LogP contribution in [-0.2, 0) is 16.1 Å². The number of benzene rings is 3. The fourth-order valence-electron chi connectivity index (χ4n) is 5.20. The summed E-state index contributed by atoms with van der Waals surface area (Å²) in [6, 6.07) is 26.9. The van der Waals surface area contributed by atoms with Crippen LogP contribution in [0.15, 0.2) is 106 Å². The molecule has 5 aromatic rings. The van der Waals surface area contributed by atoms with Crippen molar-refractivity contribution in [2.45, 2.75) is 26.4 Å². The van der Waals surface area contributed by atoms with Crippen LogP contribution in [-0.4, -0.2) is 21.7 Å². The summed E-state index contributed by atoms with van der Waals surface area (Å²) < 4.78 is 9.70. The van der Waals surface area contributed by atoms with Gasteiger partial charge in [0.2, 0.25) is 0 Å². The largest absolute Gasteiger partial charge is 0.463 e. The van der Waals surface area contributed by atoms with Gasteiger partial charge in [0.25, 0.3) is 5.56 Å². The van der Waals surface area contributed by atoms with E-state index >= 15 is 0 Å². The van der Waals surface area contributed by atoms with Gasteiger partial charge in [0.1, 0.15) is 0 Å². The third-order valence-electron chi connectivity index (χ3n) is 7.04. The van der Waals surface area contributed by atoms with Crippen molar-refractivity contribution < 1.29 is 9.53 Å². The van der Waals surface area contributed by atoms with Gasteiger partial charge in [0, 0.05) is 28.2 Å². The third-order valence-corrected chi connectivity index (χ3v) is 8.39. The molecule has 2 aromatic heterocycles. The van der Waals surface area contributed by atoms with Crippen LogP contribution in [0.5, 0.6) is 0 Å². The van der Waals surface area contributed by atoms with Gasteiger partial charge in [-0.15, -0.1) is 0 Å². The molecule has 3 heterocycles. The Balaban J connectivity index is 1.55. The Morgan fingerprint density at radius 3 is 2.55 bits per heavy atom. The number of thiazole rings is 1. The quantitative estimate of drug-likeness (QED) is 0.256. The molecule has 1 atom stereocenters. The van der Waals surface area contributed by atoms with Gasteiger partial charge in [0.15, 0.2) is 4.80 Å². The van der Waals surface area contributed by atoms with E-state index in [1.54, 1.807) is 18.4 Å². The van der Waals surface area contributed by atoms with Gasteiger partial charge in [-0.1, -0.05) is 89.7 Å². The van der Waals surface area contributed by atoms with Crippen LogP contribution in [0.25, 0.3) is 17.0 Å². The van der Waals surface area contributed by atoms with Crippen molar-refractivity contribution in [1.82, 2.24) is 9.13 Å². The Morgan fingerprint density at radius 1 is 1.05 bits per heavy atom. The molecule has 0 bridgehead atoms. The fraction of sp³-hybridized carbons (Fsp3) is 0.156. The number of ether oxygens (including phenoxy) is 1. The van der Waals surface area contributed by atoms with Gasteiger partial charge in [-0.05, 0) is 49.2 Å². The minimum Gasteiger partial charge on any atom is -0.463 e. The van der Waals surface area contributed by atoms with Crippen molar-refractivity contribution >= 4 is 45.9 Å². The minimum absolute atomic E-state index is 0.207. The number of carbonyl (C=O) groups is 1. The zero-order valence-electron chi connectivity index (χ0n) is 22.0. The van der Waals surface area contributed by atoms with Crippen molar-refractivity contribution in [3.8, 4) is 0 Å². The Labute approximate surface area is 239 Å².